The van der Waals surface area contributed by atoms with Crippen LogP contribution in [0.3, 0.4) is 0 Å². The zero-order chi connectivity index (χ0) is 15.3. The van der Waals surface area contributed by atoms with Crippen LogP contribution in [0.25, 0.3) is 10.8 Å². The molecule has 0 amide bonds. The summed E-state index contributed by atoms with van der Waals surface area (Å²) in [6.07, 6.45) is 0. The maximum Gasteiger partial charge on any atom is 0.312 e. The second-order valence-electron chi connectivity index (χ2n) is 4.63. The Hall–Kier alpha value is -1.46. The van der Waals surface area contributed by atoms with Crippen LogP contribution >= 0.6 is 0 Å². The highest BCUT2D eigenvalue weighted by Crippen LogP contribution is 2.36. The van der Waals surface area contributed by atoms with Gasteiger partial charge in [0.2, 0.25) is 0 Å². The lowest BCUT2D eigenvalue weighted by molar-refractivity contribution is -0.364. The van der Waals surface area contributed by atoms with Crippen LogP contribution in [0.4, 0.5) is 0 Å². The predicted octanol–water partition coefficient (Wildman–Crippen LogP) is 3.43. The van der Waals surface area contributed by atoms with Gasteiger partial charge < -0.3 is 18.9 Å². The Morgan fingerprint density at radius 3 is 2.19 bits per heavy atom. The van der Waals surface area contributed by atoms with Crippen molar-refractivity contribution in [3.8, 4) is 0 Å². The molecule has 0 aliphatic rings. The van der Waals surface area contributed by atoms with Crippen LogP contribution in [0.1, 0.15) is 18.1 Å². The minimum Gasteiger partial charge on any atom is -0.377 e. The Bertz CT molecular complexity index is 582. The summed E-state index contributed by atoms with van der Waals surface area (Å²) in [6, 6.07) is 12.2. The van der Waals surface area contributed by atoms with Crippen LogP contribution in [0, 0.1) is 0 Å². The molecule has 4 heteroatoms. The fourth-order valence-corrected chi connectivity index (χ4v) is 2.57. The largest absolute Gasteiger partial charge is 0.377 e. The average molecular weight is 290 g/mol. The third kappa shape index (κ3) is 2.94. The molecule has 0 fully saturated rings. The fourth-order valence-electron chi connectivity index (χ4n) is 2.57. The van der Waals surface area contributed by atoms with E-state index in [0.29, 0.717) is 13.2 Å². The molecule has 0 radical (unpaired) electrons. The van der Waals surface area contributed by atoms with Crippen LogP contribution in [0.15, 0.2) is 36.4 Å². The first-order chi connectivity index (χ1) is 10.2. The molecule has 0 bridgehead atoms. The minimum atomic E-state index is -1.24. The Morgan fingerprint density at radius 2 is 1.57 bits per heavy atom. The van der Waals surface area contributed by atoms with Crippen molar-refractivity contribution in [2.75, 3.05) is 27.9 Å². The van der Waals surface area contributed by atoms with E-state index >= 15 is 0 Å². The summed E-state index contributed by atoms with van der Waals surface area (Å²) in [6.45, 7) is 3.09. The SMILES string of the molecule is CCOCc1ccc2ccccc2c1C(OC)(OC)OC. The molecule has 21 heavy (non-hydrogen) atoms. The molecule has 2 aromatic carbocycles. The molecule has 0 saturated heterocycles. The Morgan fingerprint density at radius 1 is 0.905 bits per heavy atom. The van der Waals surface area contributed by atoms with Gasteiger partial charge in [-0.3, -0.25) is 0 Å². The zero-order valence-electron chi connectivity index (χ0n) is 13.0. The second-order valence-corrected chi connectivity index (χ2v) is 4.63. The molecule has 4 nitrogen and oxygen atoms in total. The van der Waals surface area contributed by atoms with E-state index in [1.54, 1.807) is 21.3 Å². The number of fused-ring (bicyclic) bond motifs is 1. The van der Waals surface area contributed by atoms with Crippen molar-refractivity contribution < 1.29 is 18.9 Å². The van der Waals surface area contributed by atoms with Crippen LogP contribution < -0.4 is 0 Å². The number of hydrogen-bond donors (Lipinski definition) is 0. The van der Waals surface area contributed by atoms with Crippen LogP contribution in [0.2, 0.25) is 0 Å². The smallest absolute Gasteiger partial charge is 0.312 e. The first-order valence-corrected chi connectivity index (χ1v) is 6.96. The molecule has 2 aromatic rings. The fraction of sp³-hybridized carbons (Fsp3) is 0.412. The van der Waals surface area contributed by atoms with Crippen molar-refractivity contribution >= 4 is 10.8 Å². The molecule has 114 valence electrons. The third-order valence-corrected chi connectivity index (χ3v) is 3.59. The van der Waals surface area contributed by atoms with Gasteiger partial charge in [-0.25, -0.2) is 0 Å². The lowest BCUT2D eigenvalue weighted by Crippen LogP contribution is -2.34. The quantitative estimate of drug-likeness (QED) is 0.732. The molecule has 2 rings (SSSR count). The molecule has 0 saturated carbocycles. The van der Waals surface area contributed by atoms with E-state index in [1.807, 2.05) is 31.2 Å². The van der Waals surface area contributed by atoms with Gasteiger partial charge in [0.05, 0.1) is 12.2 Å². The number of ether oxygens (including phenoxy) is 4. The summed E-state index contributed by atoms with van der Waals surface area (Å²) < 4.78 is 22.2. The maximum atomic E-state index is 5.57. The predicted molar refractivity (Wildman–Crippen MR) is 82.0 cm³/mol. The zero-order valence-corrected chi connectivity index (χ0v) is 13.0. The number of benzene rings is 2. The number of hydrogen-bond acceptors (Lipinski definition) is 4. The molecule has 0 atom stereocenters. The van der Waals surface area contributed by atoms with Crippen LogP contribution in [-0.4, -0.2) is 27.9 Å². The topological polar surface area (TPSA) is 36.9 Å². The van der Waals surface area contributed by atoms with Gasteiger partial charge in [-0.1, -0.05) is 36.4 Å². The van der Waals surface area contributed by atoms with E-state index in [-0.39, 0.29) is 0 Å². The van der Waals surface area contributed by atoms with Gasteiger partial charge in [-0.2, -0.15) is 0 Å². The van der Waals surface area contributed by atoms with Crippen molar-refractivity contribution in [2.45, 2.75) is 19.5 Å². The normalized spacial score (nSPS) is 12.0. The summed E-state index contributed by atoms with van der Waals surface area (Å²) in [4.78, 5) is 0. The first kappa shape index (κ1) is 15.9. The van der Waals surface area contributed by atoms with Gasteiger partial charge in [-0.05, 0) is 23.3 Å². The van der Waals surface area contributed by atoms with E-state index in [2.05, 4.69) is 12.1 Å². The molecule has 0 aromatic heterocycles. The lowest BCUT2D eigenvalue weighted by atomic mass is 9.97. The van der Waals surface area contributed by atoms with Crippen molar-refractivity contribution in [1.82, 2.24) is 0 Å². The lowest BCUT2D eigenvalue weighted by Gasteiger charge is -2.32. The summed E-state index contributed by atoms with van der Waals surface area (Å²) in [5, 5.41) is 2.13. The molecular weight excluding hydrogens is 268 g/mol. The van der Waals surface area contributed by atoms with Crippen LogP contribution in [-0.2, 0) is 31.5 Å². The summed E-state index contributed by atoms with van der Waals surface area (Å²) >= 11 is 0. The minimum absolute atomic E-state index is 0.481. The van der Waals surface area contributed by atoms with Crippen molar-refractivity contribution in [3.05, 3.63) is 47.5 Å². The van der Waals surface area contributed by atoms with Gasteiger partial charge in [0.25, 0.3) is 0 Å². The standard InChI is InChI=1S/C17H22O4/c1-5-21-12-14-11-10-13-8-6-7-9-15(13)16(14)17(18-2,19-3)20-4/h6-11H,5,12H2,1-4H3. The molecule has 0 N–H and O–H groups in total. The molecule has 0 heterocycles. The maximum absolute atomic E-state index is 5.57. The Labute approximate surface area is 125 Å². The average Bonchev–Trinajstić information content (AvgIpc) is 2.55. The Balaban J connectivity index is 2.70. The molecule has 0 aliphatic heterocycles. The highest BCUT2D eigenvalue weighted by atomic mass is 16.9. The highest BCUT2D eigenvalue weighted by molar-refractivity contribution is 5.87. The number of rotatable bonds is 7. The highest BCUT2D eigenvalue weighted by Gasteiger charge is 2.36. The van der Waals surface area contributed by atoms with Gasteiger partial charge in [-0.15, -0.1) is 0 Å². The summed E-state index contributed by atoms with van der Waals surface area (Å²) in [5.74, 6) is -1.24. The van der Waals surface area contributed by atoms with Gasteiger partial charge >= 0.3 is 5.97 Å². The van der Waals surface area contributed by atoms with E-state index in [0.717, 1.165) is 21.9 Å². The monoisotopic (exact) mass is 290 g/mol. The second kappa shape index (κ2) is 7.00. The van der Waals surface area contributed by atoms with E-state index in [1.165, 1.54) is 0 Å². The number of methoxy groups -OCH3 is 3. The van der Waals surface area contributed by atoms with E-state index in [4.69, 9.17) is 18.9 Å². The molecular formula is C17H22O4. The Kier molecular flexibility index (Phi) is 5.31. The van der Waals surface area contributed by atoms with Crippen LogP contribution in [0.5, 0.6) is 0 Å². The summed E-state index contributed by atoms with van der Waals surface area (Å²) in [5.41, 5.74) is 1.84. The summed E-state index contributed by atoms with van der Waals surface area (Å²) in [7, 11) is 4.71. The van der Waals surface area contributed by atoms with E-state index < -0.39 is 5.97 Å². The molecule has 0 aliphatic carbocycles. The van der Waals surface area contributed by atoms with Gasteiger partial charge in [0.15, 0.2) is 0 Å². The van der Waals surface area contributed by atoms with Gasteiger partial charge in [0, 0.05) is 27.9 Å². The first-order valence-electron chi connectivity index (χ1n) is 6.96. The van der Waals surface area contributed by atoms with E-state index in [9.17, 15) is 0 Å². The molecule has 0 unspecified atom stereocenters. The third-order valence-electron chi connectivity index (χ3n) is 3.59. The van der Waals surface area contributed by atoms with Gasteiger partial charge in [0.1, 0.15) is 0 Å². The molecule has 0 spiro atoms. The van der Waals surface area contributed by atoms with Crippen molar-refractivity contribution in [3.63, 3.8) is 0 Å². The van der Waals surface area contributed by atoms with Crippen molar-refractivity contribution in [1.29, 1.82) is 0 Å². The van der Waals surface area contributed by atoms with Crippen molar-refractivity contribution in [2.24, 2.45) is 0 Å².